The molecule has 2 aliphatic rings. The summed E-state index contributed by atoms with van der Waals surface area (Å²) in [5.74, 6) is 0.707. The van der Waals surface area contributed by atoms with Crippen LogP contribution in [0.4, 0.5) is 4.39 Å². The molecule has 1 aliphatic heterocycles. The molecule has 3 rings (SSSR count). The summed E-state index contributed by atoms with van der Waals surface area (Å²) in [4.78, 5) is 0. The van der Waals surface area contributed by atoms with Crippen LogP contribution in [0.25, 0.3) is 0 Å². The minimum absolute atomic E-state index is 0.168. The highest BCUT2D eigenvalue weighted by molar-refractivity contribution is 5.37. The zero-order valence-corrected chi connectivity index (χ0v) is 10.6. The lowest BCUT2D eigenvalue weighted by atomic mass is 9.94. The highest BCUT2D eigenvalue weighted by Crippen LogP contribution is 2.34. The van der Waals surface area contributed by atoms with Gasteiger partial charge in [-0.1, -0.05) is 6.42 Å². The molecule has 1 N–H and O–H groups in total. The molecule has 1 saturated heterocycles. The Bertz CT molecular complexity index is 411. The first kappa shape index (κ1) is 12.0. The van der Waals surface area contributed by atoms with Crippen LogP contribution in [0, 0.1) is 5.82 Å². The Hall–Kier alpha value is -1.09. The van der Waals surface area contributed by atoms with Crippen molar-refractivity contribution >= 4 is 0 Å². The molecule has 1 unspecified atom stereocenters. The third-order valence-corrected chi connectivity index (χ3v) is 4.00. The quantitative estimate of drug-likeness (QED) is 0.884. The van der Waals surface area contributed by atoms with E-state index in [1.54, 1.807) is 12.1 Å². The molecule has 1 aliphatic carbocycles. The number of benzene rings is 1. The lowest BCUT2D eigenvalue weighted by Gasteiger charge is -2.30. The predicted molar refractivity (Wildman–Crippen MR) is 69.3 cm³/mol. The van der Waals surface area contributed by atoms with Crippen molar-refractivity contribution in [1.29, 1.82) is 0 Å². The molecule has 1 saturated carbocycles. The van der Waals surface area contributed by atoms with Crippen molar-refractivity contribution in [1.82, 2.24) is 5.32 Å². The molecule has 98 valence electrons. The zero-order chi connectivity index (χ0) is 12.4. The molecule has 1 aromatic rings. The maximum atomic E-state index is 13.5. The Morgan fingerprint density at radius 1 is 1.11 bits per heavy atom. The fourth-order valence-corrected chi connectivity index (χ4v) is 2.68. The maximum Gasteiger partial charge on any atom is 0.124 e. The molecule has 0 radical (unpaired) electrons. The van der Waals surface area contributed by atoms with Gasteiger partial charge in [0.1, 0.15) is 11.6 Å². The standard InChI is InChI=1S/C15H20FNO/c16-11-7-8-15(18-12-4-3-5-12)13(10-11)14-6-1-2-9-17-14/h7-8,10,12,14,17H,1-6,9H2. The van der Waals surface area contributed by atoms with Crippen LogP contribution < -0.4 is 10.1 Å². The Labute approximate surface area is 108 Å². The van der Waals surface area contributed by atoms with E-state index < -0.39 is 0 Å². The number of hydrogen-bond acceptors (Lipinski definition) is 2. The van der Waals surface area contributed by atoms with E-state index in [2.05, 4.69) is 5.32 Å². The van der Waals surface area contributed by atoms with Crippen molar-refractivity contribution < 1.29 is 9.13 Å². The van der Waals surface area contributed by atoms with Crippen LogP contribution in [0.5, 0.6) is 5.75 Å². The van der Waals surface area contributed by atoms with Gasteiger partial charge in [-0.05, 0) is 56.8 Å². The molecule has 2 nitrogen and oxygen atoms in total. The van der Waals surface area contributed by atoms with E-state index in [0.717, 1.165) is 37.1 Å². The summed E-state index contributed by atoms with van der Waals surface area (Å²) in [5, 5.41) is 3.47. The maximum absolute atomic E-state index is 13.5. The van der Waals surface area contributed by atoms with Crippen LogP contribution in [0.2, 0.25) is 0 Å². The second kappa shape index (κ2) is 5.27. The van der Waals surface area contributed by atoms with Gasteiger partial charge in [0.2, 0.25) is 0 Å². The van der Waals surface area contributed by atoms with E-state index in [1.165, 1.54) is 25.3 Å². The van der Waals surface area contributed by atoms with Crippen molar-refractivity contribution in [3.05, 3.63) is 29.6 Å². The second-order valence-corrected chi connectivity index (χ2v) is 5.36. The average molecular weight is 249 g/mol. The number of ether oxygens (including phenoxy) is 1. The molecule has 1 heterocycles. The van der Waals surface area contributed by atoms with Crippen LogP contribution in [-0.4, -0.2) is 12.6 Å². The van der Waals surface area contributed by atoms with Crippen LogP contribution in [0.1, 0.15) is 50.1 Å². The fourth-order valence-electron chi connectivity index (χ4n) is 2.68. The zero-order valence-electron chi connectivity index (χ0n) is 10.6. The molecule has 2 fully saturated rings. The van der Waals surface area contributed by atoms with Crippen molar-refractivity contribution in [2.45, 2.75) is 50.7 Å². The second-order valence-electron chi connectivity index (χ2n) is 5.36. The predicted octanol–water partition coefficient (Wildman–Crippen LogP) is 3.57. The van der Waals surface area contributed by atoms with Gasteiger partial charge in [-0.25, -0.2) is 4.39 Å². The number of hydrogen-bond donors (Lipinski definition) is 1. The van der Waals surface area contributed by atoms with Gasteiger partial charge in [0, 0.05) is 11.6 Å². The molecular weight excluding hydrogens is 229 g/mol. The van der Waals surface area contributed by atoms with Crippen molar-refractivity contribution in [3.63, 3.8) is 0 Å². The van der Waals surface area contributed by atoms with E-state index in [-0.39, 0.29) is 11.9 Å². The van der Waals surface area contributed by atoms with Gasteiger partial charge in [-0.15, -0.1) is 0 Å². The Morgan fingerprint density at radius 3 is 2.67 bits per heavy atom. The van der Waals surface area contributed by atoms with Crippen molar-refractivity contribution in [2.75, 3.05) is 6.54 Å². The lowest BCUT2D eigenvalue weighted by Crippen LogP contribution is -2.29. The molecule has 1 aromatic carbocycles. The summed E-state index contributed by atoms with van der Waals surface area (Å²) < 4.78 is 19.4. The van der Waals surface area contributed by atoms with Gasteiger partial charge in [0.25, 0.3) is 0 Å². The largest absolute Gasteiger partial charge is 0.490 e. The first-order valence-electron chi connectivity index (χ1n) is 7.02. The van der Waals surface area contributed by atoms with Gasteiger partial charge < -0.3 is 10.1 Å². The molecule has 1 atom stereocenters. The molecule has 0 bridgehead atoms. The average Bonchev–Trinajstić information content (AvgIpc) is 2.36. The molecular formula is C15H20FNO. The Morgan fingerprint density at radius 2 is 2.00 bits per heavy atom. The van der Waals surface area contributed by atoms with Gasteiger partial charge in [-0.3, -0.25) is 0 Å². The van der Waals surface area contributed by atoms with Gasteiger partial charge in [0.05, 0.1) is 6.10 Å². The normalized spacial score (nSPS) is 24.6. The van der Waals surface area contributed by atoms with Crippen LogP contribution in [-0.2, 0) is 0 Å². The van der Waals surface area contributed by atoms with E-state index in [9.17, 15) is 4.39 Å². The van der Waals surface area contributed by atoms with Crippen molar-refractivity contribution in [2.24, 2.45) is 0 Å². The monoisotopic (exact) mass is 249 g/mol. The topological polar surface area (TPSA) is 21.3 Å². The highest BCUT2D eigenvalue weighted by atomic mass is 19.1. The summed E-state index contributed by atoms with van der Waals surface area (Å²) in [6.45, 7) is 1.02. The fraction of sp³-hybridized carbons (Fsp3) is 0.600. The lowest BCUT2D eigenvalue weighted by molar-refractivity contribution is 0.117. The van der Waals surface area contributed by atoms with Gasteiger partial charge in [-0.2, -0.15) is 0 Å². The minimum Gasteiger partial charge on any atom is -0.490 e. The SMILES string of the molecule is Fc1ccc(OC2CCC2)c(C2CCCCN2)c1. The van der Waals surface area contributed by atoms with E-state index in [4.69, 9.17) is 4.74 Å². The van der Waals surface area contributed by atoms with Crippen molar-refractivity contribution in [3.8, 4) is 5.75 Å². The smallest absolute Gasteiger partial charge is 0.124 e. The molecule has 3 heteroatoms. The van der Waals surface area contributed by atoms with Crippen LogP contribution >= 0.6 is 0 Å². The van der Waals surface area contributed by atoms with Gasteiger partial charge >= 0.3 is 0 Å². The molecule has 0 aromatic heterocycles. The molecule has 0 amide bonds. The summed E-state index contributed by atoms with van der Waals surface area (Å²) >= 11 is 0. The summed E-state index contributed by atoms with van der Waals surface area (Å²) in [7, 11) is 0. The Kier molecular flexibility index (Phi) is 3.50. The number of nitrogens with one attached hydrogen (secondary N) is 1. The number of rotatable bonds is 3. The Balaban J connectivity index is 1.81. The summed E-state index contributed by atoms with van der Waals surface area (Å²) in [6.07, 6.45) is 7.36. The first-order chi connectivity index (χ1) is 8.83. The first-order valence-corrected chi connectivity index (χ1v) is 7.02. The third-order valence-electron chi connectivity index (χ3n) is 4.00. The number of halogens is 1. The van der Waals surface area contributed by atoms with Crippen LogP contribution in [0.15, 0.2) is 18.2 Å². The van der Waals surface area contributed by atoms with E-state index in [1.807, 2.05) is 0 Å². The third kappa shape index (κ3) is 2.51. The molecule has 0 spiro atoms. The van der Waals surface area contributed by atoms with Crippen LogP contribution in [0.3, 0.4) is 0 Å². The van der Waals surface area contributed by atoms with E-state index in [0.29, 0.717) is 6.10 Å². The molecule has 18 heavy (non-hydrogen) atoms. The summed E-state index contributed by atoms with van der Waals surface area (Å²) in [6, 6.07) is 5.18. The minimum atomic E-state index is -0.168. The van der Waals surface area contributed by atoms with Gasteiger partial charge in [0.15, 0.2) is 0 Å². The highest BCUT2D eigenvalue weighted by Gasteiger charge is 2.24. The van der Waals surface area contributed by atoms with E-state index >= 15 is 0 Å². The number of piperidine rings is 1. The summed E-state index contributed by atoms with van der Waals surface area (Å²) in [5.41, 5.74) is 1.00.